The van der Waals surface area contributed by atoms with Gasteiger partial charge in [-0.2, -0.15) is 0 Å². The summed E-state index contributed by atoms with van der Waals surface area (Å²) in [4.78, 5) is 4.86. The molecular weight excluding hydrogens is 518 g/mol. The SMILES string of the molecule is C=CC1=CC2c3cc(-c4cccc(N)c4-n4c5cccnc5c5c6oc7ccccc7c6ccc54)ccc3OC2C=C1. The highest BCUT2D eigenvalue weighted by molar-refractivity contribution is 6.23. The van der Waals surface area contributed by atoms with Gasteiger partial charge >= 0.3 is 0 Å². The first-order valence-corrected chi connectivity index (χ1v) is 14.1. The average Bonchev–Trinajstić information content (AvgIpc) is 3.69. The van der Waals surface area contributed by atoms with Crippen LogP contribution in [0.15, 0.2) is 132 Å². The van der Waals surface area contributed by atoms with Gasteiger partial charge in [-0.3, -0.25) is 4.98 Å². The van der Waals surface area contributed by atoms with Gasteiger partial charge < -0.3 is 19.5 Å². The second-order valence-electron chi connectivity index (χ2n) is 11.0. The molecule has 0 amide bonds. The van der Waals surface area contributed by atoms with Crippen LogP contribution in [-0.2, 0) is 0 Å². The van der Waals surface area contributed by atoms with E-state index < -0.39 is 0 Å². The summed E-state index contributed by atoms with van der Waals surface area (Å²) in [6.45, 7) is 3.96. The summed E-state index contributed by atoms with van der Waals surface area (Å²) >= 11 is 0. The molecule has 5 heteroatoms. The van der Waals surface area contributed by atoms with Crippen molar-refractivity contribution in [3.05, 3.63) is 133 Å². The number of allylic oxidation sites excluding steroid dienone is 3. The van der Waals surface area contributed by atoms with Gasteiger partial charge in [-0.1, -0.05) is 61.2 Å². The predicted molar refractivity (Wildman–Crippen MR) is 170 cm³/mol. The number of fused-ring (bicyclic) bond motifs is 10. The Kier molecular flexibility index (Phi) is 4.68. The van der Waals surface area contributed by atoms with E-state index in [1.54, 1.807) is 0 Å². The van der Waals surface area contributed by atoms with Crippen LogP contribution in [-0.4, -0.2) is 15.7 Å². The van der Waals surface area contributed by atoms with Gasteiger partial charge in [0.25, 0.3) is 0 Å². The topological polar surface area (TPSA) is 66.2 Å². The molecule has 0 bridgehead atoms. The van der Waals surface area contributed by atoms with Crippen LogP contribution in [0.1, 0.15) is 11.5 Å². The highest BCUT2D eigenvalue weighted by atomic mass is 16.5. The molecule has 2 atom stereocenters. The first-order valence-electron chi connectivity index (χ1n) is 14.1. The molecule has 4 heterocycles. The van der Waals surface area contributed by atoms with Crippen molar-refractivity contribution in [1.29, 1.82) is 0 Å². The molecule has 2 unspecified atom stereocenters. The van der Waals surface area contributed by atoms with Gasteiger partial charge in [0.15, 0.2) is 0 Å². The first kappa shape index (κ1) is 23.2. The van der Waals surface area contributed by atoms with Gasteiger partial charge in [-0.25, -0.2) is 0 Å². The second-order valence-corrected chi connectivity index (χ2v) is 11.0. The molecule has 1 aliphatic heterocycles. The van der Waals surface area contributed by atoms with Crippen LogP contribution in [0.5, 0.6) is 5.75 Å². The van der Waals surface area contributed by atoms with Crippen molar-refractivity contribution in [2.45, 2.75) is 12.0 Å². The van der Waals surface area contributed by atoms with E-state index in [1.165, 1.54) is 5.56 Å². The van der Waals surface area contributed by atoms with Crippen molar-refractivity contribution in [3.8, 4) is 22.6 Å². The molecule has 0 saturated carbocycles. The smallest absolute Gasteiger partial charge is 0.147 e. The lowest BCUT2D eigenvalue weighted by Gasteiger charge is -2.18. The fourth-order valence-electron chi connectivity index (χ4n) is 6.81. The zero-order valence-corrected chi connectivity index (χ0v) is 22.6. The molecule has 200 valence electrons. The summed E-state index contributed by atoms with van der Waals surface area (Å²) in [6.07, 6.45) is 10.2. The number of aromatic nitrogens is 2. The number of benzene rings is 4. The van der Waals surface area contributed by atoms with Gasteiger partial charge in [-0.15, -0.1) is 0 Å². The number of anilines is 1. The van der Waals surface area contributed by atoms with Crippen molar-refractivity contribution in [2.75, 3.05) is 5.73 Å². The van der Waals surface area contributed by atoms with Crippen LogP contribution in [0.3, 0.4) is 0 Å². The normalized spacial score (nSPS) is 17.5. The molecule has 0 saturated heterocycles. The van der Waals surface area contributed by atoms with Crippen LogP contribution >= 0.6 is 0 Å². The minimum atomic E-state index is -0.00566. The third-order valence-corrected chi connectivity index (χ3v) is 8.70. The Morgan fingerprint density at radius 3 is 2.76 bits per heavy atom. The Balaban J connectivity index is 1.32. The molecule has 42 heavy (non-hydrogen) atoms. The van der Waals surface area contributed by atoms with Crippen LogP contribution in [0.2, 0.25) is 0 Å². The lowest BCUT2D eigenvalue weighted by Crippen LogP contribution is -2.16. The highest BCUT2D eigenvalue weighted by Gasteiger charge is 2.33. The Hall–Kier alpha value is -5.55. The number of hydrogen-bond acceptors (Lipinski definition) is 4. The summed E-state index contributed by atoms with van der Waals surface area (Å²) in [6, 6.07) is 29.1. The van der Waals surface area contributed by atoms with E-state index in [4.69, 9.17) is 19.9 Å². The van der Waals surface area contributed by atoms with Gasteiger partial charge in [0.2, 0.25) is 0 Å². The van der Waals surface area contributed by atoms with E-state index in [-0.39, 0.29) is 12.0 Å². The van der Waals surface area contributed by atoms with Crippen molar-refractivity contribution >= 4 is 49.6 Å². The molecule has 9 rings (SSSR count). The molecular formula is C37H25N3O2. The molecule has 1 aliphatic carbocycles. The summed E-state index contributed by atoms with van der Waals surface area (Å²) in [7, 11) is 0. The van der Waals surface area contributed by atoms with E-state index >= 15 is 0 Å². The molecule has 5 nitrogen and oxygen atoms in total. The molecule has 4 aromatic carbocycles. The van der Waals surface area contributed by atoms with Crippen LogP contribution < -0.4 is 10.5 Å². The van der Waals surface area contributed by atoms with Crippen molar-refractivity contribution in [3.63, 3.8) is 0 Å². The maximum atomic E-state index is 6.84. The second kappa shape index (κ2) is 8.48. The summed E-state index contributed by atoms with van der Waals surface area (Å²) < 4.78 is 15.0. The fraction of sp³-hybridized carbons (Fsp3) is 0.0541. The zero-order valence-electron chi connectivity index (χ0n) is 22.6. The maximum Gasteiger partial charge on any atom is 0.147 e. The van der Waals surface area contributed by atoms with E-state index in [2.05, 4.69) is 77.9 Å². The van der Waals surface area contributed by atoms with Crippen LogP contribution in [0, 0.1) is 0 Å². The van der Waals surface area contributed by atoms with E-state index in [0.29, 0.717) is 5.69 Å². The molecule has 2 N–H and O–H groups in total. The van der Waals surface area contributed by atoms with Crippen LogP contribution in [0.25, 0.3) is 60.7 Å². The number of hydrogen-bond donors (Lipinski definition) is 1. The monoisotopic (exact) mass is 543 g/mol. The standard InChI is InChI=1S/C37H25N3O2/c1-2-21-12-16-32-26(19-21)27-20-22(13-17-33(27)41-32)23-8-5-9-28(38)36(23)40-29-15-14-25-24-7-3-4-11-31(24)42-37(25)34(29)35-30(40)10-6-18-39-35/h2-20,26,32H,1,38H2. The Morgan fingerprint density at radius 1 is 0.905 bits per heavy atom. The van der Waals surface area contributed by atoms with Crippen molar-refractivity contribution in [1.82, 2.24) is 9.55 Å². The fourth-order valence-corrected chi connectivity index (χ4v) is 6.81. The molecule has 7 aromatic rings. The first-order chi connectivity index (χ1) is 20.7. The van der Waals surface area contributed by atoms with Crippen molar-refractivity contribution < 1.29 is 9.15 Å². The number of pyridine rings is 1. The number of furan rings is 1. The van der Waals surface area contributed by atoms with Gasteiger partial charge in [0.1, 0.15) is 28.5 Å². The number of nitrogen functional groups attached to an aromatic ring is 1. The molecule has 3 aromatic heterocycles. The molecule has 0 radical (unpaired) electrons. The Labute approximate surface area is 241 Å². The van der Waals surface area contributed by atoms with Gasteiger partial charge in [0, 0.05) is 34.0 Å². The minimum Gasteiger partial charge on any atom is -0.485 e. The largest absolute Gasteiger partial charge is 0.485 e. The number of nitrogens with two attached hydrogens (primary N) is 1. The summed E-state index contributed by atoms with van der Waals surface area (Å²) in [5, 5.41) is 3.15. The molecule has 0 fully saturated rings. The molecule has 0 spiro atoms. The Morgan fingerprint density at radius 2 is 1.83 bits per heavy atom. The number of rotatable bonds is 3. The number of nitrogens with zero attached hydrogens (tertiary/aromatic N) is 2. The minimum absolute atomic E-state index is 0.00566. The Bertz CT molecular complexity index is 2340. The maximum absolute atomic E-state index is 6.84. The predicted octanol–water partition coefficient (Wildman–Crippen LogP) is 8.85. The van der Waals surface area contributed by atoms with Crippen molar-refractivity contribution in [2.24, 2.45) is 0 Å². The number of ether oxygens (including phenoxy) is 1. The van der Waals surface area contributed by atoms with Gasteiger partial charge in [0.05, 0.1) is 27.8 Å². The quantitative estimate of drug-likeness (QED) is 0.226. The third kappa shape index (κ3) is 3.10. The summed E-state index contributed by atoms with van der Waals surface area (Å²) in [5.74, 6) is 1.06. The zero-order chi connectivity index (χ0) is 27.9. The lowest BCUT2D eigenvalue weighted by atomic mass is 9.87. The molecule has 2 aliphatic rings. The van der Waals surface area contributed by atoms with E-state index in [9.17, 15) is 0 Å². The van der Waals surface area contributed by atoms with Crippen LogP contribution in [0.4, 0.5) is 5.69 Å². The van der Waals surface area contributed by atoms with E-state index in [0.717, 1.165) is 72.0 Å². The third-order valence-electron chi connectivity index (χ3n) is 8.70. The number of para-hydroxylation sites is 2. The lowest BCUT2D eigenvalue weighted by molar-refractivity contribution is 0.268. The highest BCUT2D eigenvalue weighted by Crippen LogP contribution is 2.46. The van der Waals surface area contributed by atoms with Gasteiger partial charge in [-0.05, 0) is 65.7 Å². The van der Waals surface area contributed by atoms with E-state index in [1.807, 2.05) is 48.7 Å². The average molecular weight is 544 g/mol. The summed E-state index contributed by atoms with van der Waals surface area (Å²) in [5.41, 5.74) is 17.4.